The van der Waals surface area contributed by atoms with E-state index >= 15 is 0 Å². The van der Waals surface area contributed by atoms with Crippen LogP contribution < -0.4 is 5.32 Å². The topological polar surface area (TPSA) is 108 Å². The summed E-state index contributed by atoms with van der Waals surface area (Å²) in [6.07, 6.45) is 1.37. The third kappa shape index (κ3) is 4.56. The summed E-state index contributed by atoms with van der Waals surface area (Å²) in [5, 5.41) is 9.62. The molecule has 0 radical (unpaired) electrons. The molecule has 8 nitrogen and oxygen atoms in total. The largest absolute Gasteiger partial charge is 0.325 e. The molecule has 2 rings (SSSR count). The van der Waals surface area contributed by atoms with Crippen molar-refractivity contribution in [1.82, 2.24) is 19.5 Å². The van der Waals surface area contributed by atoms with E-state index in [1.807, 2.05) is 0 Å². The van der Waals surface area contributed by atoms with Crippen molar-refractivity contribution in [3.05, 3.63) is 30.6 Å². The number of benzene rings is 1. The van der Waals surface area contributed by atoms with E-state index in [4.69, 9.17) is 0 Å². The average molecular weight is 369 g/mol. The molecule has 0 saturated carbocycles. The van der Waals surface area contributed by atoms with Crippen LogP contribution >= 0.6 is 11.8 Å². The summed E-state index contributed by atoms with van der Waals surface area (Å²) in [5.74, 6) is -0.0370. The molecule has 10 heteroatoms. The number of thioether (sulfide) groups is 1. The van der Waals surface area contributed by atoms with Gasteiger partial charge in [0.05, 0.1) is 10.6 Å². The number of sulfonamides is 1. The van der Waals surface area contributed by atoms with E-state index in [9.17, 15) is 13.2 Å². The van der Waals surface area contributed by atoms with Crippen LogP contribution in [0.25, 0.3) is 0 Å². The Morgan fingerprint density at radius 2 is 1.92 bits per heavy atom. The molecule has 24 heavy (non-hydrogen) atoms. The smallest absolute Gasteiger partial charge is 0.243 e. The summed E-state index contributed by atoms with van der Waals surface area (Å²) in [6.45, 7) is 4.41. The molecule has 0 fully saturated rings. The van der Waals surface area contributed by atoms with Gasteiger partial charge in [0.15, 0.2) is 5.16 Å². The summed E-state index contributed by atoms with van der Waals surface area (Å²) < 4.78 is 26.1. The van der Waals surface area contributed by atoms with Gasteiger partial charge in [0.2, 0.25) is 15.9 Å². The van der Waals surface area contributed by atoms with Crippen LogP contribution in [-0.2, 0) is 14.8 Å². The highest BCUT2D eigenvalue weighted by atomic mass is 32.2. The summed E-state index contributed by atoms with van der Waals surface area (Å²) in [4.78, 5) is 16.0. The van der Waals surface area contributed by atoms with Gasteiger partial charge < -0.3 is 5.32 Å². The number of carbonyl (C=O) groups excluding carboxylic acids is 1. The van der Waals surface area contributed by atoms with Crippen LogP contribution in [0, 0.1) is 0 Å². The summed E-state index contributed by atoms with van der Waals surface area (Å²) in [6, 6.07) is 6.14. The second kappa shape index (κ2) is 8.27. The maximum absolute atomic E-state index is 12.4. The average Bonchev–Trinajstić information content (AvgIpc) is 3.08. The highest BCUT2D eigenvalue weighted by Gasteiger charge is 2.21. The first-order valence-corrected chi connectivity index (χ1v) is 9.78. The molecule has 0 aliphatic heterocycles. The minimum absolute atomic E-state index is 0.175. The third-order valence-electron chi connectivity index (χ3n) is 3.21. The van der Waals surface area contributed by atoms with Crippen LogP contribution in [0.15, 0.2) is 40.6 Å². The number of carbonyl (C=O) groups is 1. The van der Waals surface area contributed by atoms with Crippen LogP contribution in [0.4, 0.5) is 5.69 Å². The molecule has 0 aliphatic rings. The number of nitrogens with one attached hydrogen (secondary N) is 2. The minimum Gasteiger partial charge on any atom is -0.325 e. The summed E-state index contributed by atoms with van der Waals surface area (Å²) >= 11 is 1.23. The number of amides is 1. The third-order valence-corrected chi connectivity index (χ3v) is 6.15. The van der Waals surface area contributed by atoms with Crippen molar-refractivity contribution in [2.45, 2.75) is 23.9 Å². The molecule has 1 amide bonds. The number of hydrogen-bond donors (Lipinski definition) is 2. The monoisotopic (exact) mass is 369 g/mol. The number of nitrogens with zero attached hydrogens (tertiary/aromatic N) is 3. The summed E-state index contributed by atoms with van der Waals surface area (Å²) in [7, 11) is -3.49. The first kappa shape index (κ1) is 18.4. The van der Waals surface area contributed by atoms with E-state index < -0.39 is 10.0 Å². The van der Waals surface area contributed by atoms with Crippen LogP contribution in [0.5, 0.6) is 0 Å². The molecule has 0 aliphatic carbocycles. The molecule has 0 saturated heterocycles. The molecule has 0 spiro atoms. The standard InChI is InChI=1S/C14H19N5O3S2/c1-3-19(4-2)24(21,22)12-7-5-11(6-8-12)17-13(20)9-23-14-15-10-16-18-14/h5-8,10H,3-4,9H2,1-2H3,(H,17,20)(H,15,16,18). The molecule has 1 aromatic carbocycles. The van der Waals surface area contributed by atoms with Crippen molar-refractivity contribution in [3.63, 3.8) is 0 Å². The Kier molecular flexibility index (Phi) is 6.35. The Bertz CT molecular complexity index is 756. The van der Waals surface area contributed by atoms with Gasteiger partial charge in [0.1, 0.15) is 6.33 Å². The van der Waals surface area contributed by atoms with E-state index in [-0.39, 0.29) is 16.6 Å². The molecule has 0 atom stereocenters. The van der Waals surface area contributed by atoms with Gasteiger partial charge in [-0.2, -0.15) is 9.40 Å². The zero-order chi connectivity index (χ0) is 17.6. The fourth-order valence-electron chi connectivity index (χ4n) is 2.02. The minimum atomic E-state index is -3.49. The van der Waals surface area contributed by atoms with Crippen molar-refractivity contribution in [2.75, 3.05) is 24.2 Å². The van der Waals surface area contributed by atoms with Gasteiger partial charge in [0.25, 0.3) is 0 Å². The SMILES string of the molecule is CCN(CC)S(=O)(=O)c1ccc(NC(=O)CSc2ncn[nH]2)cc1. The van der Waals surface area contributed by atoms with Crippen LogP contribution in [0.3, 0.4) is 0 Å². The molecule has 1 heterocycles. The maximum atomic E-state index is 12.4. The second-order valence-corrected chi connectivity index (χ2v) is 7.64. The Hall–Kier alpha value is -1.91. The molecular formula is C14H19N5O3S2. The number of rotatable bonds is 8. The molecule has 0 unspecified atom stereocenters. The lowest BCUT2D eigenvalue weighted by Gasteiger charge is -2.18. The lowest BCUT2D eigenvalue weighted by atomic mass is 10.3. The zero-order valence-corrected chi connectivity index (χ0v) is 15.0. The Morgan fingerprint density at radius 1 is 1.25 bits per heavy atom. The lowest BCUT2D eigenvalue weighted by molar-refractivity contribution is -0.113. The van der Waals surface area contributed by atoms with Gasteiger partial charge in [-0.3, -0.25) is 9.89 Å². The van der Waals surface area contributed by atoms with Gasteiger partial charge in [-0.1, -0.05) is 25.6 Å². The van der Waals surface area contributed by atoms with Gasteiger partial charge in [-0.05, 0) is 24.3 Å². The zero-order valence-electron chi connectivity index (χ0n) is 13.4. The van der Waals surface area contributed by atoms with E-state index in [1.165, 1.54) is 34.5 Å². The molecule has 0 bridgehead atoms. The predicted octanol–water partition coefficient (Wildman–Crippen LogP) is 1.57. The number of aromatic amines is 1. The predicted molar refractivity (Wildman–Crippen MR) is 92.3 cm³/mol. The number of H-pyrrole nitrogens is 1. The van der Waals surface area contributed by atoms with E-state index in [0.717, 1.165) is 0 Å². The number of hydrogen-bond acceptors (Lipinski definition) is 6. The van der Waals surface area contributed by atoms with Gasteiger partial charge in [0, 0.05) is 18.8 Å². The Labute approximate surface area is 145 Å². The highest BCUT2D eigenvalue weighted by molar-refractivity contribution is 7.99. The molecule has 2 aromatic rings. The van der Waals surface area contributed by atoms with Crippen molar-refractivity contribution in [3.8, 4) is 0 Å². The molecule has 2 N–H and O–H groups in total. The normalized spacial score (nSPS) is 11.6. The molecule has 1 aromatic heterocycles. The van der Waals surface area contributed by atoms with E-state index in [2.05, 4.69) is 20.5 Å². The number of anilines is 1. The lowest BCUT2D eigenvalue weighted by Crippen LogP contribution is -2.30. The molecular weight excluding hydrogens is 350 g/mol. The van der Waals surface area contributed by atoms with E-state index in [0.29, 0.717) is 23.9 Å². The Balaban J connectivity index is 1.97. The van der Waals surface area contributed by atoms with Crippen LogP contribution in [0.1, 0.15) is 13.8 Å². The van der Waals surface area contributed by atoms with Crippen LogP contribution in [0.2, 0.25) is 0 Å². The van der Waals surface area contributed by atoms with Gasteiger partial charge >= 0.3 is 0 Å². The Morgan fingerprint density at radius 3 is 2.46 bits per heavy atom. The summed E-state index contributed by atoms with van der Waals surface area (Å²) in [5.41, 5.74) is 0.539. The van der Waals surface area contributed by atoms with Crippen molar-refractivity contribution < 1.29 is 13.2 Å². The van der Waals surface area contributed by atoms with Gasteiger partial charge in [-0.15, -0.1) is 0 Å². The van der Waals surface area contributed by atoms with Crippen molar-refractivity contribution in [2.24, 2.45) is 0 Å². The first-order chi connectivity index (χ1) is 11.5. The fourth-order valence-corrected chi connectivity index (χ4v) is 4.05. The maximum Gasteiger partial charge on any atom is 0.243 e. The fraction of sp³-hybridized carbons (Fsp3) is 0.357. The number of aromatic nitrogens is 3. The van der Waals surface area contributed by atoms with E-state index in [1.54, 1.807) is 26.0 Å². The highest BCUT2D eigenvalue weighted by Crippen LogP contribution is 2.19. The molecule has 130 valence electrons. The van der Waals surface area contributed by atoms with Crippen molar-refractivity contribution in [1.29, 1.82) is 0 Å². The quantitative estimate of drug-likeness (QED) is 0.684. The second-order valence-electron chi connectivity index (χ2n) is 4.74. The first-order valence-electron chi connectivity index (χ1n) is 7.35. The van der Waals surface area contributed by atoms with Crippen molar-refractivity contribution >= 4 is 33.4 Å². The van der Waals surface area contributed by atoms with Crippen LogP contribution in [-0.4, -0.2) is 52.7 Å². The van der Waals surface area contributed by atoms with Gasteiger partial charge in [-0.25, -0.2) is 13.4 Å².